The smallest absolute Gasteiger partial charge is 0.0952 e. The number of para-hydroxylation sites is 1. The lowest BCUT2D eigenvalue weighted by molar-refractivity contribution is 1.01. The van der Waals surface area contributed by atoms with Gasteiger partial charge in [0.2, 0.25) is 0 Å². The molecule has 0 aliphatic carbocycles. The van der Waals surface area contributed by atoms with Crippen molar-refractivity contribution in [3.8, 4) is 0 Å². The number of aryl methyl sites for hydroxylation is 1. The van der Waals surface area contributed by atoms with Crippen LogP contribution in [0.1, 0.15) is 16.8 Å². The second kappa shape index (κ2) is 4.06. The highest BCUT2D eigenvalue weighted by atomic mass is 15.1. The van der Waals surface area contributed by atoms with Gasteiger partial charge in [0.25, 0.3) is 0 Å². The zero-order valence-electron chi connectivity index (χ0n) is 9.77. The quantitative estimate of drug-likeness (QED) is 0.706. The SMILES string of the molecule is Cc1cccc2c(Cc3ccccc3)[nH]nc12. The number of nitrogens with zero attached hydrogens (tertiary/aromatic N) is 1. The molecule has 3 aromatic rings. The summed E-state index contributed by atoms with van der Waals surface area (Å²) >= 11 is 0. The third-order valence-corrected chi connectivity index (χ3v) is 3.09. The molecule has 0 spiro atoms. The van der Waals surface area contributed by atoms with Gasteiger partial charge in [0.15, 0.2) is 0 Å². The maximum atomic E-state index is 4.39. The molecule has 0 bridgehead atoms. The Labute approximate surface area is 100 Å². The molecule has 1 aromatic heterocycles. The second-order valence-corrected chi connectivity index (χ2v) is 4.34. The molecule has 0 saturated heterocycles. The van der Waals surface area contributed by atoms with E-state index in [1.807, 2.05) is 6.07 Å². The Morgan fingerprint density at radius 2 is 1.82 bits per heavy atom. The number of hydrogen-bond acceptors (Lipinski definition) is 1. The van der Waals surface area contributed by atoms with E-state index in [2.05, 4.69) is 59.6 Å². The van der Waals surface area contributed by atoms with Crippen molar-refractivity contribution < 1.29 is 0 Å². The fourth-order valence-corrected chi connectivity index (χ4v) is 2.17. The van der Waals surface area contributed by atoms with Crippen LogP contribution < -0.4 is 0 Å². The summed E-state index contributed by atoms with van der Waals surface area (Å²) in [5.41, 5.74) is 4.80. The maximum absolute atomic E-state index is 4.39. The van der Waals surface area contributed by atoms with Crippen LogP contribution in [-0.4, -0.2) is 10.2 Å². The van der Waals surface area contributed by atoms with E-state index >= 15 is 0 Å². The molecule has 2 aromatic carbocycles. The molecular weight excluding hydrogens is 208 g/mol. The number of benzene rings is 2. The van der Waals surface area contributed by atoms with Gasteiger partial charge in [-0.15, -0.1) is 0 Å². The van der Waals surface area contributed by atoms with Crippen molar-refractivity contribution in [2.75, 3.05) is 0 Å². The van der Waals surface area contributed by atoms with Crippen molar-refractivity contribution in [3.63, 3.8) is 0 Å². The summed E-state index contributed by atoms with van der Waals surface area (Å²) in [7, 11) is 0. The Hall–Kier alpha value is -2.09. The number of H-pyrrole nitrogens is 1. The zero-order chi connectivity index (χ0) is 11.7. The number of nitrogens with one attached hydrogen (secondary N) is 1. The molecule has 17 heavy (non-hydrogen) atoms. The van der Waals surface area contributed by atoms with Crippen LogP contribution in [0.2, 0.25) is 0 Å². The van der Waals surface area contributed by atoms with Gasteiger partial charge in [-0.05, 0) is 18.1 Å². The molecule has 0 radical (unpaired) electrons. The monoisotopic (exact) mass is 222 g/mol. The van der Waals surface area contributed by atoms with Crippen molar-refractivity contribution in [3.05, 3.63) is 65.4 Å². The fraction of sp³-hybridized carbons (Fsp3) is 0.133. The van der Waals surface area contributed by atoms with Gasteiger partial charge in [0.1, 0.15) is 0 Å². The van der Waals surface area contributed by atoms with E-state index in [-0.39, 0.29) is 0 Å². The summed E-state index contributed by atoms with van der Waals surface area (Å²) in [4.78, 5) is 0. The molecule has 84 valence electrons. The first kappa shape index (κ1) is 10.1. The predicted octanol–water partition coefficient (Wildman–Crippen LogP) is 3.46. The molecule has 1 N–H and O–H groups in total. The van der Waals surface area contributed by atoms with Crippen molar-refractivity contribution in [2.45, 2.75) is 13.3 Å². The van der Waals surface area contributed by atoms with Gasteiger partial charge in [0, 0.05) is 17.5 Å². The summed E-state index contributed by atoms with van der Waals surface area (Å²) in [5, 5.41) is 8.77. The van der Waals surface area contributed by atoms with Gasteiger partial charge in [-0.2, -0.15) is 5.10 Å². The Kier molecular flexibility index (Phi) is 2.41. The molecule has 0 amide bonds. The molecular formula is C15H14N2. The highest BCUT2D eigenvalue weighted by Gasteiger charge is 2.06. The third-order valence-electron chi connectivity index (χ3n) is 3.09. The van der Waals surface area contributed by atoms with Crippen LogP contribution in [0, 0.1) is 6.92 Å². The van der Waals surface area contributed by atoms with E-state index in [4.69, 9.17) is 0 Å². The highest BCUT2D eigenvalue weighted by Crippen LogP contribution is 2.21. The van der Waals surface area contributed by atoms with Crippen LogP contribution in [0.5, 0.6) is 0 Å². The lowest BCUT2D eigenvalue weighted by Crippen LogP contribution is -1.88. The van der Waals surface area contributed by atoms with Crippen LogP contribution in [0.4, 0.5) is 0 Å². The Bertz CT molecular complexity index is 638. The number of fused-ring (bicyclic) bond motifs is 1. The summed E-state index contributed by atoms with van der Waals surface area (Å²) in [6.07, 6.45) is 0.904. The summed E-state index contributed by atoms with van der Waals surface area (Å²) in [5.74, 6) is 0. The van der Waals surface area contributed by atoms with Crippen molar-refractivity contribution in [1.82, 2.24) is 10.2 Å². The molecule has 0 atom stereocenters. The first-order valence-corrected chi connectivity index (χ1v) is 5.81. The molecule has 0 saturated carbocycles. The minimum atomic E-state index is 0.904. The van der Waals surface area contributed by atoms with Crippen LogP contribution in [-0.2, 0) is 6.42 Å². The largest absolute Gasteiger partial charge is 0.281 e. The van der Waals surface area contributed by atoms with Crippen molar-refractivity contribution in [1.29, 1.82) is 0 Å². The fourth-order valence-electron chi connectivity index (χ4n) is 2.17. The minimum absolute atomic E-state index is 0.904. The van der Waals surface area contributed by atoms with E-state index < -0.39 is 0 Å². The standard InChI is InChI=1S/C15H14N2/c1-11-6-5-9-13-14(16-17-15(11)13)10-12-7-3-2-4-8-12/h2-9H,10H2,1H3,(H,16,17). The molecule has 0 unspecified atom stereocenters. The molecule has 2 heteroatoms. The van der Waals surface area contributed by atoms with Gasteiger partial charge >= 0.3 is 0 Å². The van der Waals surface area contributed by atoms with E-state index in [0.717, 1.165) is 11.9 Å². The van der Waals surface area contributed by atoms with Gasteiger partial charge < -0.3 is 0 Å². The Morgan fingerprint density at radius 1 is 1.00 bits per heavy atom. The van der Waals surface area contributed by atoms with Crippen molar-refractivity contribution >= 4 is 10.9 Å². The third kappa shape index (κ3) is 1.82. The first-order valence-electron chi connectivity index (χ1n) is 5.81. The lowest BCUT2D eigenvalue weighted by Gasteiger charge is -1.99. The summed E-state index contributed by atoms with van der Waals surface area (Å²) in [6, 6.07) is 16.8. The summed E-state index contributed by atoms with van der Waals surface area (Å²) in [6.45, 7) is 2.09. The topological polar surface area (TPSA) is 28.7 Å². The minimum Gasteiger partial charge on any atom is -0.281 e. The van der Waals surface area contributed by atoms with Gasteiger partial charge in [-0.3, -0.25) is 5.10 Å². The molecule has 3 rings (SSSR count). The molecule has 0 aliphatic heterocycles. The molecule has 1 heterocycles. The average Bonchev–Trinajstić information content (AvgIpc) is 2.76. The van der Waals surface area contributed by atoms with Crippen LogP contribution in [0.15, 0.2) is 48.5 Å². The number of hydrogen-bond donors (Lipinski definition) is 1. The number of rotatable bonds is 2. The maximum Gasteiger partial charge on any atom is 0.0952 e. The van der Waals surface area contributed by atoms with Crippen LogP contribution in [0.25, 0.3) is 10.9 Å². The lowest BCUT2D eigenvalue weighted by atomic mass is 10.1. The van der Waals surface area contributed by atoms with Gasteiger partial charge in [-0.25, -0.2) is 0 Å². The van der Waals surface area contributed by atoms with Crippen molar-refractivity contribution in [2.24, 2.45) is 0 Å². The van der Waals surface area contributed by atoms with E-state index in [0.29, 0.717) is 0 Å². The average molecular weight is 222 g/mol. The summed E-state index contributed by atoms with van der Waals surface area (Å²) < 4.78 is 0. The molecule has 2 nitrogen and oxygen atoms in total. The Balaban J connectivity index is 2.05. The zero-order valence-corrected chi connectivity index (χ0v) is 9.77. The predicted molar refractivity (Wildman–Crippen MR) is 70.1 cm³/mol. The van der Waals surface area contributed by atoms with Gasteiger partial charge in [-0.1, -0.05) is 48.5 Å². The van der Waals surface area contributed by atoms with E-state index in [9.17, 15) is 0 Å². The first-order chi connectivity index (χ1) is 8.34. The number of aromatic amines is 1. The normalized spacial score (nSPS) is 10.9. The molecule has 0 aliphatic rings. The van der Waals surface area contributed by atoms with E-state index in [1.165, 1.54) is 22.2 Å². The highest BCUT2D eigenvalue weighted by molar-refractivity contribution is 5.84. The van der Waals surface area contributed by atoms with Crippen LogP contribution in [0.3, 0.4) is 0 Å². The van der Waals surface area contributed by atoms with Gasteiger partial charge in [0.05, 0.1) is 5.52 Å². The van der Waals surface area contributed by atoms with E-state index in [1.54, 1.807) is 0 Å². The van der Waals surface area contributed by atoms with Crippen LogP contribution >= 0.6 is 0 Å². The molecule has 0 fully saturated rings. The second-order valence-electron chi connectivity index (χ2n) is 4.34. The Morgan fingerprint density at radius 3 is 2.65 bits per heavy atom. The number of aromatic nitrogens is 2.